The van der Waals surface area contributed by atoms with Crippen LogP contribution in [-0.4, -0.2) is 36.9 Å². The van der Waals surface area contributed by atoms with Crippen molar-refractivity contribution in [1.29, 1.82) is 0 Å². The van der Waals surface area contributed by atoms with E-state index in [1.807, 2.05) is 32.0 Å². The Hall–Kier alpha value is -1.13. The van der Waals surface area contributed by atoms with Crippen molar-refractivity contribution in [3.63, 3.8) is 0 Å². The Kier molecular flexibility index (Phi) is 3.64. The van der Waals surface area contributed by atoms with Crippen LogP contribution in [0.2, 0.25) is 0 Å². The van der Waals surface area contributed by atoms with Gasteiger partial charge in [0, 0.05) is 38.4 Å². The van der Waals surface area contributed by atoms with Crippen LogP contribution < -0.4 is 10.1 Å². The molecule has 0 amide bonds. The Labute approximate surface area is 102 Å². The molecule has 1 saturated heterocycles. The molecule has 0 atom stereocenters. The van der Waals surface area contributed by atoms with E-state index in [-0.39, 0.29) is 11.7 Å². The van der Waals surface area contributed by atoms with Crippen LogP contribution in [0.3, 0.4) is 0 Å². The lowest BCUT2D eigenvalue weighted by Crippen LogP contribution is -2.62. The minimum Gasteiger partial charge on any atom is -0.475 e. The molecule has 0 bridgehead atoms. The third-order valence-corrected chi connectivity index (χ3v) is 2.97. The molecule has 0 saturated carbocycles. The molecular weight excluding hydrogens is 216 g/mol. The van der Waals surface area contributed by atoms with E-state index in [0.717, 1.165) is 25.2 Å². The van der Waals surface area contributed by atoms with Gasteiger partial charge in [-0.15, -0.1) is 0 Å². The highest BCUT2D eigenvalue weighted by molar-refractivity contribution is 5.18. The fourth-order valence-electron chi connectivity index (χ4n) is 1.94. The third kappa shape index (κ3) is 2.96. The highest BCUT2D eigenvalue weighted by atomic mass is 16.5. The number of rotatable bonds is 5. The van der Waals surface area contributed by atoms with E-state index < -0.39 is 0 Å². The summed E-state index contributed by atoms with van der Waals surface area (Å²) in [6.07, 6.45) is 0.978. The van der Waals surface area contributed by atoms with Crippen LogP contribution >= 0.6 is 0 Å². The van der Waals surface area contributed by atoms with Gasteiger partial charge in [-0.05, 0) is 19.9 Å². The number of nitrogens with zero attached hydrogens (tertiary/aromatic N) is 1. The third-order valence-electron chi connectivity index (χ3n) is 2.97. The van der Waals surface area contributed by atoms with Gasteiger partial charge in [0.15, 0.2) is 0 Å². The monoisotopic (exact) mass is 236 g/mol. The van der Waals surface area contributed by atoms with Gasteiger partial charge in [-0.25, -0.2) is 4.98 Å². The van der Waals surface area contributed by atoms with Crippen LogP contribution in [0.25, 0.3) is 0 Å². The lowest BCUT2D eigenvalue weighted by Gasteiger charge is -2.41. The van der Waals surface area contributed by atoms with Crippen molar-refractivity contribution in [3.8, 4) is 5.88 Å². The van der Waals surface area contributed by atoms with Gasteiger partial charge in [-0.3, -0.25) is 0 Å². The number of ether oxygens (including phenoxy) is 2. The summed E-state index contributed by atoms with van der Waals surface area (Å²) in [6.45, 7) is 5.78. The lowest BCUT2D eigenvalue weighted by molar-refractivity contribution is -0.0509. The fraction of sp³-hybridized carbons (Fsp3) is 0.615. The molecule has 0 spiro atoms. The number of methoxy groups -OCH3 is 1. The maximum absolute atomic E-state index is 5.59. The molecule has 1 aliphatic heterocycles. The van der Waals surface area contributed by atoms with Gasteiger partial charge >= 0.3 is 0 Å². The van der Waals surface area contributed by atoms with E-state index >= 15 is 0 Å². The Balaban J connectivity index is 2.05. The van der Waals surface area contributed by atoms with E-state index in [1.54, 1.807) is 7.11 Å². The summed E-state index contributed by atoms with van der Waals surface area (Å²) in [4.78, 5) is 4.50. The van der Waals surface area contributed by atoms with Crippen LogP contribution in [0.15, 0.2) is 18.2 Å². The molecule has 4 heteroatoms. The predicted molar refractivity (Wildman–Crippen MR) is 66.3 cm³/mol. The van der Waals surface area contributed by atoms with Gasteiger partial charge in [-0.1, -0.05) is 6.07 Å². The summed E-state index contributed by atoms with van der Waals surface area (Å²) >= 11 is 0. The number of pyridine rings is 1. The molecule has 0 unspecified atom stereocenters. The number of aromatic nitrogens is 1. The van der Waals surface area contributed by atoms with Gasteiger partial charge in [0.05, 0.1) is 11.7 Å². The quantitative estimate of drug-likeness (QED) is 0.839. The first-order valence-corrected chi connectivity index (χ1v) is 6.02. The van der Waals surface area contributed by atoms with Gasteiger partial charge in [0.1, 0.15) is 0 Å². The minimum atomic E-state index is -0.0799. The van der Waals surface area contributed by atoms with Crippen molar-refractivity contribution in [2.24, 2.45) is 0 Å². The normalized spacial score (nSPS) is 17.9. The molecular formula is C13H20N2O2. The van der Waals surface area contributed by atoms with Crippen LogP contribution in [0, 0.1) is 0 Å². The second kappa shape index (κ2) is 5.02. The summed E-state index contributed by atoms with van der Waals surface area (Å²) in [7, 11) is 1.76. The molecule has 0 aromatic carbocycles. The topological polar surface area (TPSA) is 43.4 Å². The minimum absolute atomic E-state index is 0.0799. The first-order chi connectivity index (χ1) is 8.13. The zero-order valence-electron chi connectivity index (χ0n) is 10.7. The molecule has 1 aliphatic rings. The molecule has 94 valence electrons. The average Bonchev–Trinajstić information content (AvgIpc) is 2.23. The van der Waals surface area contributed by atoms with E-state index in [4.69, 9.17) is 9.47 Å². The van der Waals surface area contributed by atoms with Crippen molar-refractivity contribution >= 4 is 0 Å². The zero-order valence-corrected chi connectivity index (χ0v) is 10.7. The van der Waals surface area contributed by atoms with Gasteiger partial charge in [-0.2, -0.15) is 0 Å². The molecule has 4 nitrogen and oxygen atoms in total. The van der Waals surface area contributed by atoms with Gasteiger partial charge in [0.2, 0.25) is 5.88 Å². The van der Waals surface area contributed by atoms with E-state index in [0.29, 0.717) is 5.88 Å². The van der Waals surface area contributed by atoms with Gasteiger partial charge < -0.3 is 14.8 Å². The predicted octanol–water partition coefficient (Wildman–Crippen LogP) is 1.40. The van der Waals surface area contributed by atoms with Crippen molar-refractivity contribution in [2.75, 3.05) is 20.2 Å². The number of hydrogen-bond acceptors (Lipinski definition) is 4. The van der Waals surface area contributed by atoms with E-state index in [2.05, 4.69) is 10.3 Å². The van der Waals surface area contributed by atoms with Crippen LogP contribution in [0.1, 0.15) is 19.5 Å². The second-order valence-corrected chi connectivity index (χ2v) is 4.80. The van der Waals surface area contributed by atoms with E-state index in [9.17, 15) is 0 Å². The maximum Gasteiger partial charge on any atom is 0.213 e. The summed E-state index contributed by atoms with van der Waals surface area (Å²) < 4.78 is 11.1. The summed E-state index contributed by atoms with van der Waals surface area (Å²) in [5.41, 5.74) is 0.940. The van der Waals surface area contributed by atoms with Crippen molar-refractivity contribution in [1.82, 2.24) is 10.3 Å². The molecule has 2 heterocycles. The van der Waals surface area contributed by atoms with Crippen molar-refractivity contribution in [3.05, 3.63) is 23.9 Å². The molecule has 0 aliphatic carbocycles. The fourth-order valence-corrected chi connectivity index (χ4v) is 1.94. The van der Waals surface area contributed by atoms with Gasteiger partial charge in [0.25, 0.3) is 0 Å². The van der Waals surface area contributed by atoms with Crippen LogP contribution in [0.5, 0.6) is 5.88 Å². The molecule has 1 aromatic heterocycles. The largest absolute Gasteiger partial charge is 0.475 e. The van der Waals surface area contributed by atoms with Crippen molar-refractivity contribution in [2.45, 2.75) is 32.0 Å². The molecule has 0 radical (unpaired) electrons. The molecule has 1 N–H and O–H groups in total. The smallest absolute Gasteiger partial charge is 0.213 e. The Morgan fingerprint density at radius 2 is 2.18 bits per heavy atom. The molecule has 1 fully saturated rings. The Bertz CT molecular complexity index is 370. The lowest BCUT2D eigenvalue weighted by atomic mass is 9.91. The van der Waals surface area contributed by atoms with Crippen LogP contribution in [-0.2, 0) is 11.2 Å². The summed E-state index contributed by atoms with van der Waals surface area (Å²) in [5, 5.41) is 3.24. The molecule has 2 rings (SSSR count). The highest BCUT2D eigenvalue weighted by Gasteiger charge is 2.37. The molecule has 1 aromatic rings. The summed E-state index contributed by atoms with van der Waals surface area (Å²) in [5.74, 6) is 0.691. The van der Waals surface area contributed by atoms with E-state index in [1.165, 1.54) is 0 Å². The zero-order chi connectivity index (χ0) is 12.3. The van der Waals surface area contributed by atoms with Crippen molar-refractivity contribution < 1.29 is 9.47 Å². The van der Waals surface area contributed by atoms with Crippen LogP contribution in [0.4, 0.5) is 0 Å². The summed E-state index contributed by atoms with van der Waals surface area (Å²) in [6, 6.07) is 5.89. The SMILES string of the molecule is COC1(Cc2cccc(OC(C)C)n2)CNC1. The Morgan fingerprint density at radius 3 is 2.71 bits per heavy atom. The highest BCUT2D eigenvalue weighted by Crippen LogP contribution is 2.22. The maximum atomic E-state index is 5.59. The first-order valence-electron chi connectivity index (χ1n) is 6.02. The first kappa shape index (κ1) is 12.3. The number of hydrogen-bond donors (Lipinski definition) is 1. The number of nitrogens with one attached hydrogen (secondary N) is 1. The Morgan fingerprint density at radius 1 is 1.41 bits per heavy atom. The molecule has 17 heavy (non-hydrogen) atoms. The second-order valence-electron chi connectivity index (χ2n) is 4.80. The standard InChI is InChI=1S/C13H20N2O2/c1-10(2)17-12-6-4-5-11(15-12)7-13(16-3)8-14-9-13/h4-6,10,14H,7-9H2,1-3H3. The average molecular weight is 236 g/mol.